The van der Waals surface area contributed by atoms with Gasteiger partial charge in [0.15, 0.2) is 5.78 Å². The molecule has 5 nitrogen and oxygen atoms in total. The zero-order valence-corrected chi connectivity index (χ0v) is 16.2. The summed E-state index contributed by atoms with van der Waals surface area (Å²) in [5, 5.41) is 1.39. The molecule has 1 aromatic heterocycles. The predicted octanol–water partition coefficient (Wildman–Crippen LogP) is 3.80. The molecular weight excluding hydrogens is 330 g/mol. The van der Waals surface area contributed by atoms with Gasteiger partial charge in [-0.2, -0.15) is 0 Å². The van der Waals surface area contributed by atoms with Crippen LogP contribution in [0.2, 0.25) is 0 Å². The maximum Gasteiger partial charge on any atom is 0.306 e. The Hall–Kier alpha value is -2.43. The molecule has 26 heavy (non-hydrogen) atoms. The number of nitrogens with zero attached hydrogens (tertiary/aromatic N) is 1. The Bertz CT molecular complexity index is 887. The SMILES string of the molecule is CC(=O)c1ccc2c(=O)n(C)c(CCCCC(=O)OC(C)(C)C)cc2c1. The van der Waals surface area contributed by atoms with Crippen molar-refractivity contribution >= 4 is 22.5 Å². The molecule has 0 amide bonds. The van der Waals surface area contributed by atoms with Crippen LogP contribution in [0, 0.1) is 0 Å². The number of ether oxygens (including phenoxy) is 1. The molecule has 0 fully saturated rings. The van der Waals surface area contributed by atoms with Gasteiger partial charge < -0.3 is 9.30 Å². The normalized spacial score (nSPS) is 11.6. The van der Waals surface area contributed by atoms with Crippen LogP contribution in [0.5, 0.6) is 0 Å². The second-order valence-electron chi connectivity index (χ2n) is 7.65. The van der Waals surface area contributed by atoms with Crippen molar-refractivity contribution in [1.29, 1.82) is 0 Å². The van der Waals surface area contributed by atoms with Crippen LogP contribution < -0.4 is 5.56 Å². The smallest absolute Gasteiger partial charge is 0.306 e. The van der Waals surface area contributed by atoms with Gasteiger partial charge in [0.25, 0.3) is 5.56 Å². The van der Waals surface area contributed by atoms with Crippen LogP contribution in [0.3, 0.4) is 0 Å². The van der Waals surface area contributed by atoms with Crippen molar-refractivity contribution in [2.75, 3.05) is 0 Å². The molecule has 0 saturated heterocycles. The molecule has 0 atom stereocenters. The standard InChI is InChI=1S/C21H27NO4/c1-14(23)15-10-11-18-16(12-15)13-17(22(5)20(18)25)8-6-7-9-19(24)26-21(2,3)4/h10-13H,6-9H2,1-5H3. The highest BCUT2D eigenvalue weighted by molar-refractivity contribution is 5.98. The number of Topliss-reactive ketones (excluding diaryl/α,β-unsaturated/α-hetero) is 1. The third-order valence-electron chi connectivity index (χ3n) is 4.23. The summed E-state index contributed by atoms with van der Waals surface area (Å²) in [5.74, 6) is -0.220. The van der Waals surface area contributed by atoms with Gasteiger partial charge in [0, 0.05) is 30.1 Å². The molecule has 0 unspecified atom stereocenters. The molecule has 2 aromatic rings. The third-order valence-corrected chi connectivity index (χ3v) is 4.23. The summed E-state index contributed by atoms with van der Waals surface area (Å²) in [6, 6.07) is 7.12. The Morgan fingerprint density at radius 1 is 1.12 bits per heavy atom. The van der Waals surface area contributed by atoms with Gasteiger partial charge in [-0.1, -0.05) is 6.07 Å². The Balaban J connectivity index is 2.09. The van der Waals surface area contributed by atoms with E-state index in [4.69, 9.17) is 4.74 Å². The maximum atomic E-state index is 12.5. The topological polar surface area (TPSA) is 65.4 Å². The van der Waals surface area contributed by atoms with Crippen molar-refractivity contribution in [3.05, 3.63) is 45.9 Å². The summed E-state index contributed by atoms with van der Waals surface area (Å²) in [6.45, 7) is 7.07. The van der Waals surface area contributed by atoms with Gasteiger partial charge in [-0.05, 0) is 70.5 Å². The quantitative estimate of drug-likeness (QED) is 0.448. The number of esters is 1. The zero-order chi connectivity index (χ0) is 19.5. The minimum absolute atomic E-state index is 0.0218. The molecule has 0 N–H and O–H groups in total. The lowest BCUT2D eigenvalue weighted by molar-refractivity contribution is -0.154. The molecule has 140 valence electrons. The fraction of sp³-hybridized carbons (Fsp3) is 0.476. The number of ketones is 1. The number of benzene rings is 1. The van der Waals surface area contributed by atoms with Crippen molar-refractivity contribution in [1.82, 2.24) is 4.57 Å². The number of carbonyl (C=O) groups excluding carboxylic acids is 2. The number of pyridine rings is 1. The average molecular weight is 357 g/mol. The number of rotatable bonds is 6. The fourth-order valence-corrected chi connectivity index (χ4v) is 2.89. The van der Waals surface area contributed by atoms with Crippen LogP contribution in [-0.2, 0) is 23.0 Å². The van der Waals surface area contributed by atoms with E-state index in [1.54, 1.807) is 29.8 Å². The minimum Gasteiger partial charge on any atom is -0.460 e. The lowest BCUT2D eigenvalue weighted by Gasteiger charge is -2.19. The highest BCUT2D eigenvalue weighted by Gasteiger charge is 2.15. The van der Waals surface area contributed by atoms with E-state index in [2.05, 4.69) is 0 Å². The number of hydrogen-bond acceptors (Lipinski definition) is 4. The fourth-order valence-electron chi connectivity index (χ4n) is 2.89. The van der Waals surface area contributed by atoms with E-state index in [1.807, 2.05) is 26.8 Å². The first-order chi connectivity index (χ1) is 12.1. The number of aromatic nitrogens is 1. The molecule has 0 radical (unpaired) electrons. The number of unbranched alkanes of at least 4 members (excludes halogenated alkanes) is 1. The van der Waals surface area contributed by atoms with Gasteiger partial charge in [0.05, 0.1) is 0 Å². The zero-order valence-electron chi connectivity index (χ0n) is 16.2. The lowest BCUT2D eigenvalue weighted by atomic mass is 10.0. The summed E-state index contributed by atoms with van der Waals surface area (Å²) in [6.07, 6.45) is 2.54. The Labute approximate surface area is 154 Å². The van der Waals surface area contributed by atoms with E-state index < -0.39 is 5.60 Å². The molecule has 1 aromatic carbocycles. The number of carbonyl (C=O) groups is 2. The second-order valence-corrected chi connectivity index (χ2v) is 7.65. The van der Waals surface area contributed by atoms with Crippen LogP contribution >= 0.6 is 0 Å². The number of hydrogen-bond donors (Lipinski definition) is 0. The van der Waals surface area contributed by atoms with Gasteiger partial charge in [0.1, 0.15) is 5.60 Å². The first kappa shape index (κ1) is 19.9. The Morgan fingerprint density at radius 3 is 2.42 bits per heavy atom. The van der Waals surface area contributed by atoms with Crippen molar-refractivity contribution in [2.45, 2.75) is 59.0 Å². The van der Waals surface area contributed by atoms with Gasteiger partial charge in [-0.25, -0.2) is 0 Å². The lowest BCUT2D eigenvalue weighted by Crippen LogP contribution is -2.23. The summed E-state index contributed by atoms with van der Waals surface area (Å²) >= 11 is 0. The molecule has 1 heterocycles. The minimum atomic E-state index is -0.465. The summed E-state index contributed by atoms with van der Waals surface area (Å²) in [4.78, 5) is 35.9. The average Bonchev–Trinajstić information content (AvgIpc) is 2.53. The predicted molar refractivity (Wildman–Crippen MR) is 103 cm³/mol. The molecule has 5 heteroatoms. The van der Waals surface area contributed by atoms with Gasteiger partial charge in [-0.3, -0.25) is 14.4 Å². The first-order valence-corrected chi connectivity index (χ1v) is 8.94. The summed E-state index contributed by atoms with van der Waals surface area (Å²) in [5.41, 5.74) is 0.960. The van der Waals surface area contributed by atoms with E-state index in [-0.39, 0.29) is 17.3 Å². The van der Waals surface area contributed by atoms with Crippen LogP contribution in [0.4, 0.5) is 0 Å². The van der Waals surface area contributed by atoms with E-state index in [1.165, 1.54) is 6.92 Å². The number of fused-ring (bicyclic) bond motifs is 1. The molecule has 0 bridgehead atoms. The molecule has 0 saturated carbocycles. The summed E-state index contributed by atoms with van der Waals surface area (Å²) < 4.78 is 6.94. The van der Waals surface area contributed by atoms with Crippen molar-refractivity contribution in [3.8, 4) is 0 Å². The molecular formula is C21H27NO4. The monoisotopic (exact) mass is 357 g/mol. The Morgan fingerprint density at radius 2 is 1.81 bits per heavy atom. The van der Waals surface area contributed by atoms with Crippen molar-refractivity contribution in [2.24, 2.45) is 7.05 Å². The molecule has 0 aliphatic rings. The molecule has 0 aliphatic heterocycles. The van der Waals surface area contributed by atoms with Crippen molar-refractivity contribution < 1.29 is 14.3 Å². The molecule has 0 spiro atoms. The number of aryl methyl sites for hydroxylation is 1. The van der Waals surface area contributed by atoms with Crippen molar-refractivity contribution in [3.63, 3.8) is 0 Å². The van der Waals surface area contributed by atoms with Crippen LogP contribution in [-0.4, -0.2) is 21.9 Å². The highest BCUT2D eigenvalue weighted by Crippen LogP contribution is 2.17. The van der Waals surface area contributed by atoms with E-state index in [0.717, 1.165) is 17.5 Å². The Kier molecular flexibility index (Phi) is 6.01. The van der Waals surface area contributed by atoms with Gasteiger partial charge >= 0.3 is 5.97 Å². The van der Waals surface area contributed by atoms with E-state index in [0.29, 0.717) is 30.2 Å². The van der Waals surface area contributed by atoms with Crippen LogP contribution in [0.25, 0.3) is 10.8 Å². The molecule has 2 rings (SSSR count). The first-order valence-electron chi connectivity index (χ1n) is 8.94. The van der Waals surface area contributed by atoms with Gasteiger partial charge in [0.2, 0.25) is 0 Å². The highest BCUT2D eigenvalue weighted by atomic mass is 16.6. The summed E-state index contributed by atoms with van der Waals surface area (Å²) in [7, 11) is 1.75. The third kappa shape index (κ3) is 5.04. The molecule has 0 aliphatic carbocycles. The van der Waals surface area contributed by atoms with E-state index in [9.17, 15) is 14.4 Å². The van der Waals surface area contributed by atoms with E-state index >= 15 is 0 Å². The van der Waals surface area contributed by atoms with Crippen LogP contribution in [0.1, 0.15) is 63.0 Å². The second kappa shape index (κ2) is 7.85. The van der Waals surface area contributed by atoms with Crippen LogP contribution in [0.15, 0.2) is 29.1 Å². The largest absolute Gasteiger partial charge is 0.460 e. The van der Waals surface area contributed by atoms with Gasteiger partial charge in [-0.15, -0.1) is 0 Å². The maximum absolute atomic E-state index is 12.5.